The molecular weight excluding hydrogens is 425 g/mol. The van der Waals surface area contributed by atoms with Crippen LogP contribution in [0.2, 0.25) is 0 Å². The summed E-state index contributed by atoms with van der Waals surface area (Å²) in [6.45, 7) is 0. The van der Waals surface area contributed by atoms with Gasteiger partial charge in [0, 0.05) is 5.92 Å². The number of methoxy groups -OCH3 is 2. The third-order valence-electron chi connectivity index (χ3n) is 5.85. The van der Waals surface area contributed by atoms with Crippen LogP contribution in [0.5, 0.6) is 17.2 Å². The van der Waals surface area contributed by atoms with Gasteiger partial charge in [-0.2, -0.15) is 0 Å². The minimum Gasteiger partial charge on any atom is -0.493 e. The minimum atomic E-state index is -0.566. The Morgan fingerprint density at radius 3 is 2.52 bits per heavy atom. The van der Waals surface area contributed by atoms with Gasteiger partial charge in [-0.3, -0.25) is 5.43 Å². The predicted molar refractivity (Wildman–Crippen MR) is 120 cm³/mol. The van der Waals surface area contributed by atoms with Crippen LogP contribution in [0.15, 0.2) is 71.7 Å². The number of amidine groups is 1. The molecule has 1 aliphatic heterocycles. The smallest absolute Gasteiger partial charge is 0.434 e. The summed E-state index contributed by atoms with van der Waals surface area (Å²) in [7, 11) is 3.16. The molecule has 1 aliphatic carbocycles. The molecule has 7 nitrogen and oxygen atoms in total. The molecule has 168 valence electrons. The second kappa shape index (κ2) is 8.46. The molecule has 0 saturated carbocycles. The highest BCUT2D eigenvalue weighted by Gasteiger charge is 2.49. The molecule has 0 aromatic heterocycles. The highest BCUT2D eigenvalue weighted by molar-refractivity contribution is 5.93. The van der Waals surface area contributed by atoms with E-state index in [2.05, 4.69) is 10.4 Å². The summed E-state index contributed by atoms with van der Waals surface area (Å²) >= 11 is 0. The second-order valence-corrected chi connectivity index (χ2v) is 7.80. The van der Waals surface area contributed by atoms with Gasteiger partial charge >= 0.3 is 6.09 Å². The molecule has 1 saturated heterocycles. The third-order valence-corrected chi connectivity index (χ3v) is 5.85. The molecule has 1 amide bonds. The lowest BCUT2D eigenvalue weighted by atomic mass is 10.0. The summed E-state index contributed by atoms with van der Waals surface area (Å²) in [5.41, 5.74) is 5.50. The van der Waals surface area contributed by atoms with Crippen LogP contribution < -0.4 is 19.6 Å². The Balaban J connectivity index is 1.55. The van der Waals surface area contributed by atoms with Crippen molar-refractivity contribution in [2.24, 2.45) is 10.9 Å². The van der Waals surface area contributed by atoms with Crippen LogP contribution in [0.1, 0.15) is 17.2 Å². The normalized spacial score (nSPS) is 19.6. The van der Waals surface area contributed by atoms with Crippen molar-refractivity contribution in [2.75, 3.05) is 14.2 Å². The van der Waals surface area contributed by atoms with Gasteiger partial charge in [-0.05, 0) is 60.0 Å². The monoisotopic (exact) mass is 447 g/mol. The summed E-state index contributed by atoms with van der Waals surface area (Å²) in [6.07, 6.45) is 0.0552. The van der Waals surface area contributed by atoms with Crippen molar-refractivity contribution in [1.29, 1.82) is 0 Å². The number of nitrogens with zero attached hydrogens (tertiary/aromatic N) is 2. The van der Waals surface area contributed by atoms with Crippen molar-refractivity contribution >= 4 is 17.6 Å². The van der Waals surface area contributed by atoms with Gasteiger partial charge in [-0.25, -0.2) is 19.2 Å². The first kappa shape index (κ1) is 20.8. The van der Waals surface area contributed by atoms with Crippen molar-refractivity contribution in [3.05, 3.63) is 83.7 Å². The molecule has 3 aromatic carbocycles. The number of para-hydroxylation sites is 1. The van der Waals surface area contributed by atoms with Crippen LogP contribution in [-0.4, -0.2) is 31.2 Å². The average molecular weight is 447 g/mol. The molecule has 8 heteroatoms. The molecule has 0 bridgehead atoms. The largest absolute Gasteiger partial charge is 0.493 e. The Morgan fingerprint density at radius 1 is 1.03 bits per heavy atom. The van der Waals surface area contributed by atoms with E-state index in [0.29, 0.717) is 35.2 Å². The van der Waals surface area contributed by atoms with Crippen molar-refractivity contribution in [2.45, 2.75) is 12.5 Å². The molecule has 1 fully saturated rings. The number of amides is 1. The van der Waals surface area contributed by atoms with Crippen LogP contribution in [0.4, 0.5) is 14.9 Å². The van der Waals surface area contributed by atoms with E-state index in [4.69, 9.17) is 14.2 Å². The van der Waals surface area contributed by atoms with Gasteiger partial charge in [0.05, 0.1) is 25.9 Å². The van der Waals surface area contributed by atoms with Crippen LogP contribution in [0.25, 0.3) is 0 Å². The molecule has 2 atom stereocenters. The van der Waals surface area contributed by atoms with Gasteiger partial charge < -0.3 is 14.2 Å². The first-order valence-corrected chi connectivity index (χ1v) is 10.5. The fourth-order valence-electron chi connectivity index (χ4n) is 4.39. The van der Waals surface area contributed by atoms with E-state index in [0.717, 1.165) is 11.1 Å². The number of hydrazine groups is 1. The number of carbonyl (C=O) groups excluding carboxylic acids is 1. The minimum absolute atomic E-state index is 0.164. The molecule has 3 aromatic rings. The Morgan fingerprint density at radius 2 is 1.79 bits per heavy atom. The number of benzene rings is 3. The topological polar surface area (TPSA) is 72.4 Å². The van der Waals surface area contributed by atoms with Crippen LogP contribution in [0.3, 0.4) is 0 Å². The van der Waals surface area contributed by atoms with E-state index >= 15 is 0 Å². The number of carbonyl (C=O) groups is 1. The van der Waals surface area contributed by atoms with E-state index < -0.39 is 6.09 Å². The van der Waals surface area contributed by atoms with Gasteiger partial charge in [0.25, 0.3) is 0 Å². The van der Waals surface area contributed by atoms with Gasteiger partial charge in [0.15, 0.2) is 11.5 Å². The zero-order valence-corrected chi connectivity index (χ0v) is 18.1. The second-order valence-electron chi connectivity index (χ2n) is 7.80. The maximum atomic E-state index is 13.7. The summed E-state index contributed by atoms with van der Waals surface area (Å²) in [5.74, 6) is 1.64. The maximum absolute atomic E-state index is 13.7. The van der Waals surface area contributed by atoms with E-state index in [9.17, 15) is 9.18 Å². The lowest BCUT2D eigenvalue weighted by Gasteiger charge is -2.23. The van der Waals surface area contributed by atoms with Crippen molar-refractivity contribution < 1.29 is 23.4 Å². The highest BCUT2D eigenvalue weighted by atomic mass is 19.1. The number of rotatable bonds is 4. The molecule has 1 N–H and O–H groups in total. The molecule has 5 rings (SSSR count). The van der Waals surface area contributed by atoms with Crippen LogP contribution in [0, 0.1) is 11.7 Å². The Bertz CT molecular complexity index is 1230. The summed E-state index contributed by atoms with van der Waals surface area (Å²) in [5, 5.41) is 1.44. The van der Waals surface area contributed by atoms with E-state index in [1.165, 1.54) is 17.1 Å². The lowest BCUT2D eigenvalue weighted by Crippen LogP contribution is -2.41. The Labute approximate surface area is 190 Å². The first-order chi connectivity index (χ1) is 16.1. The molecule has 0 radical (unpaired) electrons. The molecular formula is C25H22FN3O4. The number of halogens is 1. The van der Waals surface area contributed by atoms with Gasteiger partial charge in [0.1, 0.15) is 17.4 Å². The first-order valence-electron chi connectivity index (χ1n) is 10.5. The zero-order chi connectivity index (χ0) is 22.9. The van der Waals surface area contributed by atoms with Gasteiger partial charge in [-0.1, -0.05) is 24.3 Å². The number of aliphatic imine (C=N–C) groups is 1. The van der Waals surface area contributed by atoms with Crippen molar-refractivity contribution in [3.63, 3.8) is 0 Å². The standard InChI is InChI=1S/C25H22FN3O4/c1-31-21-12-15-11-20-23(19(15)14-22(21)32-2)29(25(30)33-18-9-4-3-5-10-18)28-24(20)27-17-8-6-7-16(26)13-17/h3-10,12-14,20,23H,11H2,1-2H3,(H,27,28). The number of hydrogen-bond acceptors (Lipinski definition) is 5. The van der Waals surface area contributed by atoms with Crippen molar-refractivity contribution in [1.82, 2.24) is 10.4 Å². The van der Waals surface area contributed by atoms with E-state index in [1.807, 2.05) is 18.2 Å². The fraction of sp³-hybridized carbons (Fsp3) is 0.200. The molecule has 33 heavy (non-hydrogen) atoms. The number of ether oxygens (including phenoxy) is 3. The van der Waals surface area contributed by atoms with Gasteiger partial charge in [-0.15, -0.1) is 0 Å². The average Bonchev–Trinajstić information content (AvgIpc) is 3.36. The molecule has 2 aliphatic rings. The van der Waals surface area contributed by atoms with Crippen molar-refractivity contribution in [3.8, 4) is 17.2 Å². The molecule has 2 unspecified atom stereocenters. The quantitative estimate of drug-likeness (QED) is 0.622. The number of nitrogens with one attached hydrogen (secondary N) is 1. The highest BCUT2D eigenvalue weighted by Crippen LogP contribution is 2.47. The maximum Gasteiger partial charge on any atom is 0.434 e. The van der Waals surface area contributed by atoms with E-state index in [1.54, 1.807) is 50.6 Å². The third kappa shape index (κ3) is 3.84. The van der Waals surface area contributed by atoms with Crippen LogP contribution >= 0.6 is 0 Å². The Kier molecular flexibility index (Phi) is 5.34. The SMILES string of the molecule is COc1cc2c(cc1OC)C1C(C2)C(=Nc2cccc(F)c2)NN1C(=O)Oc1ccccc1. The predicted octanol–water partition coefficient (Wildman–Crippen LogP) is 4.81. The van der Waals surface area contributed by atoms with Crippen LogP contribution in [-0.2, 0) is 6.42 Å². The molecule has 1 heterocycles. The summed E-state index contributed by atoms with van der Waals surface area (Å²) in [6, 6.07) is 18.3. The van der Waals surface area contributed by atoms with Gasteiger partial charge in [0.2, 0.25) is 0 Å². The molecule has 0 spiro atoms. The Hall–Kier alpha value is -4.07. The lowest BCUT2D eigenvalue weighted by molar-refractivity contribution is 0.125. The summed E-state index contributed by atoms with van der Waals surface area (Å²) in [4.78, 5) is 17.8. The number of fused-ring (bicyclic) bond motifs is 3. The fourth-order valence-corrected chi connectivity index (χ4v) is 4.39. The zero-order valence-electron chi connectivity index (χ0n) is 18.1. The number of hydrogen-bond donors (Lipinski definition) is 1. The summed E-state index contributed by atoms with van der Waals surface area (Å²) < 4.78 is 30.3. The van der Waals surface area contributed by atoms with E-state index in [-0.39, 0.29) is 17.8 Å².